The van der Waals surface area contributed by atoms with Gasteiger partial charge in [0.25, 0.3) is 0 Å². The molecule has 0 bridgehead atoms. The molecule has 1 saturated carbocycles. The number of nitrogens with zero attached hydrogens (tertiary/aromatic N) is 1. The van der Waals surface area contributed by atoms with Crippen molar-refractivity contribution in [2.45, 2.75) is 26.2 Å². The van der Waals surface area contributed by atoms with Crippen molar-refractivity contribution >= 4 is 0 Å². The molecule has 1 aromatic heterocycles. The molecule has 0 N–H and O–H groups in total. The Morgan fingerprint density at radius 3 is 2.82 bits per heavy atom. The predicted octanol–water partition coefficient (Wildman–Crippen LogP) is 3.74. The van der Waals surface area contributed by atoms with E-state index in [0.717, 1.165) is 29.2 Å². The Labute approximate surface area is 99.4 Å². The van der Waals surface area contributed by atoms with Crippen LogP contribution in [0.25, 0.3) is 11.1 Å². The molecule has 1 aliphatic carbocycles. The zero-order valence-corrected chi connectivity index (χ0v) is 9.74. The van der Waals surface area contributed by atoms with Gasteiger partial charge in [-0.05, 0) is 55.4 Å². The summed E-state index contributed by atoms with van der Waals surface area (Å²) in [4.78, 5) is 0. The first-order valence-corrected chi connectivity index (χ1v) is 5.94. The quantitative estimate of drug-likeness (QED) is 0.804. The molecular weight excluding hydrogens is 217 g/mol. The van der Waals surface area contributed by atoms with Crippen molar-refractivity contribution in [3.05, 3.63) is 41.5 Å². The first kappa shape index (κ1) is 10.5. The second kappa shape index (κ2) is 3.99. The van der Waals surface area contributed by atoms with Crippen molar-refractivity contribution in [2.24, 2.45) is 5.92 Å². The third-order valence-electron chi connectivity index (χ3n) is 3.32. The van der Waals surface area contributed by atoms with Crippen molar-refractivity contribution in [3.63, 3.8) is 0 Å². The average molecular weight is 231 g/mol. The molecule has 0 radical (unpaired) electrons. The number of hydrogen-bond donors (Lipinski definition) is 0. The lowest BCUT2D eigenvalue weighted by Crippen LogP contribution is -1.93. The highest BCUT2D eigenvalue weighted by atomic mass is 19.1. The smallest absolute Gasteiger partial charge is 0.131 e. The summed E-state index contributed by atoms with van der Waals surface area (Å²) in [6, 6.07) is 5.00. The highest BCUT2D eigenvalue weighted by molar-refractivity contribution is 5.68. The van der Waals surface area contributed by atoms with Gasteiger partial charge < -0.3 is 4.52 Å². The van der Waals surface area contributed by atoms with Crippen LogP contribution in [-0.2, 0) is 6.42 Å². The second-order valence-corrected chi connectivity index (χ2v) is 4.76. The topological polar surface area (TPSA) is 26.0 Å². The maximum Gasteiger partial charge on any atom is 0.131 e. The number of halogens is 1. The minimum absolute atomic E-state index is 0.208. The van der Waals surface area contributed by atoms with Crippen LogP contribution in [0.3, 0.4) is 0 Å². The van der Waals surface area contributed by atoms with Crippen LogP contribution in [0.4, 0.5) is 4.39 Å². The van der Waals surface area contributed by atoms with Gasteiger partial charge in [-0.2, -0.15) is 0 Å². The predicted molar refractivity (Wildman–Crippen MR) is 63.1 cm³/mol. The lowest BCUT2D eigenvalue weighted by Gasteiger charge is -2.08. The minimum atomic E-state index is -0.208. The van der Waals surface area contributed by atoms with Gasteiger partial charge in [-0.3, -0.25) is 0 Å². The standard InChI is InChI=1S/C14H14FNO/c1-9-14(8-17-16-9)13-7-12(15)5-4-11(13)6-10-2-3-10/h4-5,7-8,10H,2-3,6H2,1H3. The molecule has 0 atom stereocenters. The Kier molecular flexibility index (Phi) is 2.46. The molecule has 2 aromatic rings. The Balaban J connectivity index is 2.06. The molecule has 2 nitrogen and oxygen atoms in total. The number of hydrogen-bond acceptors (Lipinski definition) is 2. The van der Waals surface area contributed by atoms with Gasteiger partial charge in [0.2, 0.25) is 0 Å². The van der Waals surface area contributed by atoms with E-state index in [1.54, 1.807) is 12.3 Å². The van der Waals surface area contributed by atoms with Crippen LogP contribution in [-0.4, -0.2) is 5.16 Å². The summed E-state index contributed by atoms with van der Waals surface area (Å²) in [6.45, 7) is 1.88. The zero-order chi connectivity index (χ0) is 11.8. The Morgan fingerprint density at radius 1 is 1.35 bits per heavy atom. The maximum atomic E-state index is 13.4. The molecule has 0 saturated heterocycles. The van der Waals surface area contributed by atoms with E-state index >= 15 is 0 Å². The van der Waals surface area contributed by atoms with E-state index < -0.39 is 0 Å². The van der Waals surface area contributed by atoms with E-state index in [9.17, 15) is 4.39 Å². The van der Waals surface area contributed by atoms with E-state index in [-0.39, 0.29) is 5.82 Å². The zero-order valence-electron chi connectivity index (χ0n) is 9.74. The van der Waals surface area contributed by atoms with Crippen LogP contribution >= 0.6 is 0 Å². The van der Waals surface area contributed by atoms with E-state index in [1.807, 2.05) is 13.0 Å². The van der Waals surface area contributed by atoms with Crippen molar-refractivity contribution in [3.8, 4) is 11.1 Å². The van der Waals surface area contributed by atoms with E-state index in [1.165, 1.54) is 24.5 Å². The largest absolute Gasteiger partial charge is 0.364 e. The number of aromatic nitrogens is 1. The SMILES string of the molecule is Cc1nocc1-c1cc(F)ccc1CC1CC1. The van der Waals surface area contributed by atoms with E-state index in [2.05, 4.69) is 5.16 Å². The lowest BCUT2D eigenvalue weighted by molar-refractivity contribution is 0.415. The highest BCUT2D eigenvalue weighted by Crippen LogP contribution is 2.36. The Morgan fingerprint density at radius 2 is 2.18 bits per heavy atom. The van der Waals surface area contributed by atoms with Gasteiger partial charge in [0.15, 0.2) is 0 Å². The van der Waals surface area contributed by atoms with Crippen LogP contribution in [0, 0.1) is 18.7 Å². The molecule has 3 heteroatoms. The fourth-order valence-electron chi connectivity index (χ4n) is 2.16. The summed E-state index contributed by atoms with van der Waals surface area (Å²) in [7, 11) is 0. The molecule has 0 amide bonds. The second-order valence-electron chi connectivity index (χ2n) is 4.76. The summed E-state index contributed by atoms with van der Waals surface area (Å²) >= 11 is 0. The van der Waals surface area contributed by atoms with Gasteiger partial charge in [0.1, 0.15) is 12.1 Å². The van der Waals surface area contributed by atoms with Crippen LogP contribution < -0.4 is 0 Å². The summed E-state index contributed by atoms with van der Waals surface area (Å²) < 4.78 is 18.3. The Bertz CT molecular complexity index is 543. The molecule has 17 heavy (non-hydrogen) atoms. The summed E-state index contributed by atoms with van der Waals surface area (Å²) in [6.07, 6.45) is 5.21. The molecule has 1 aliphatic rings. The normalized spacial score (nSPS) is 15.2. The number of benzene rings is 1. The van der Waals surface area contributed by atoms with Crippen molar-refractivity contribution in [1.29, 1.82) is 0 Å². The van der Waals surface area contributed by atoms with E-state index in [4.69, 9.17) is 4.52 Å². The van der Waals surface area contributed by atoms with Gasteiger partial charge in [-0.15, -0.1) is 0 Å². The van der Waals surface area contributed by atoms with Gasteiger partial charge in [0, 0.05) is 5.56 Å². The van der Waals surface area contributed by atoms with Crippen LogP contribution in [0.15, 0.2) is 29.0 Å². The number of aryl methyl sites for hydroxylation is 1. The van der Waals surface area contributed by atoms with Crippen LogP contribution in [0.5, 0.6) is 0 Å². The highest BCUT2D eigenvalue weighted by Gasteiger charge is 2.23. The van der Waals surface area contributed by atoms with Gasteiger partial charge in [0.05, 0.1) is 5.69 Å². The third-order valence-corrected chi connectivity index (χ3v) is 3.32. The van der Waals surface area contributed by atoms with Crippen LogP contribution in [0.1, 0.15) is 24.1 Å². The first-order chi connectivity index (χ1) is 8.24. The molecule has 0 unspecified atom stereocenters. The number of rotatable bonds is 3. The van der Waals surface area contributed by atoms with Crippen molar-refractivity contribution in [2.75, 3.05) is 0 Å². The summed E-state index contributed by atoms with van der Waals surface area (Å²) in [5.41, 5.74) is 3.84. The molecule has 1 fully saturated rings. The van der Waals surface area contributed by atoms with Crippen molar-refractivity contribution in [1.82, 2.24) is 5.16 Å². The average Bonchev–Trinajstić information content (AvgIpc) is 3.02. The summed E-state index contributed by atoms with van der Waals surface area (Å²) in [5, 5.41) is 3.86. The molecule has 1 heterocycles. The fourth-order valence-corrected chi connectivity index (χ4v) is 2.16. The minimum Gasteiger partial charge on any atom is -0.364 e. The molecule has 0 spiro atoms. The van der Waals surface area contributed by atoms with E-state index in [0.29, 0.717) is 0 Å². The molecule has 88 valence electrons. The molecule has 3 rings (SSSR count). The lowest BCUT2D eigenvalue weighted by atomic mass is 9.96. The monoisotopic (exact) mass is 231 g/mol. The molecular formula is C14H14FNO. The molecule has 0 aliphatic heterocycles. The van der Waals surface area contributed by atoms with Crippen molar-refractivity contribution < 1.29 is 8.91 Å². The molecule has 1 aromatic carbocycles. The van der Waals surface area contributed by atoms with Gasteiger partial charge >= 0.3 is 0 Å². The Hall–Kier alpha value is -1.64. The van der Waals surface area contributed by atoms with Crippen LogP contribution in [0.2, 0.25) is 0 Å². The summed E-state index contributed by atoms with van der Waals surface area (Å²) in [5.74, 6) is 0.569. The maximum absolute atomic E-state index is 13.4. The van der Waals surface area contributed by atoms with Gasteiger partial charge in [-0.25, -0.2) is 4.39 Å². The third kappa shape index (κ3) is 2.09. The first-order valence-electron chi connectivity index (χ1n) is 5.94. The van der Waals surface area contributed by atoms with Gasteiger partial charge in [-0.1, -0.05) is 11.2 Å². The fraction of sp³-hybridized carbons (Fsp3) is 0.357.